The van der Waals surface area contributed by atoms with E-state index in [0.29, 0.717) is 0 Å². The molecule has 2 aromatic rings. The average Bonchev–Trinajstić information content (AvgIpc) is 2.64. The van der Waals surface area contributed by atoms with E-state index >= 15 is 0 Å². The van der Waals surface area contributed by atoms with Crippen molar-refractivity contribution in [2.45, 2.75) is 24.3 Å². The Labute approximate surface area is 158 Å². The number of nitrogens with zero attached hydrogens (tertiary/aromatic N) is 1. The zero-order valence-electron chi connectivity index (χ0n) is 14.4. The van der Waals surface area contributed by atoms with Crippen LogP contribution in [0, 0.1) is 5.92 Å². The fourth-order valence-electron chi connectivity index (χ4n) is 3.20. The van der Waals surface area contributed by atoms with Gasteiger partial charge in [0.2, 0.25) is 5.91 Å². The fraction of sp³-hybridized carbons (Fsp3) is 0.350. The predicted molar refractivity (Wildman–Crippen MR) is 106 cm³/mol. The molecule has 0 saturated carbocycles. The van der Waals surface area contributed by atoms with Crippen molar-refractivity contribution in [3.63, 3.8) is 0 Å². The molecule has 0 spiro atoms. The molecule has 25 heavy (non-hydrogen) atoms. The van der Waals surface area contributed by atoms with Crippen LogP contribution < -0.4 is 5.32 Å². The Kier molecular flexibility index (Phi) is 6.40. The average molecular weight is 375 g/mol. The molecule has 1 amide bonds. The molecule has 0 unspecified atom stereocenters. The van der Waals surface area contributed by atoms with E-state index in [0.717, 1.165) is 53.6 Å². The van der Waals surface area contributed by atoms with E-state index in [9.17, 15) is 4.79 Å². The van der Waals surface area contributed by atoms with Crippen LogP contribution in [0.5, 0.6) is 0 Å². The first-order valence-electron chi connectivity index (χ1n) is 8.57. The maximum absolute atomic E-state index is 12.6. The monoisotopic (exact) mass is 374 g/mol. The number of piperidine rings is 1. The quantitative estimate of drug-likeness (QED) is 0.754. The van der Waals surface area contributed by atoms with Gasteiger partial charge in [-0.2, -0.15) is 0 Å². The van der Waals surface area contributed by atoms with Crippen LogP contribution in [0.15, 0.2) is 53.4 Å². The molecule has 3 rings (SSSR count). The van der Waals surface area contributed by atoms with Gasteiger partial charge < -0.3 is 5.32 Å². The molecule has 1 saturated heterocycles. The molecule has 0 radical (unpaired) electrons. The Bertz CT molecular complexity index is 729. The number of hydrogen-bond donors (Lipinski definition) is 1. The Morgan fingerprint density at radius 2 is 1.84 bits per heavy atom. The SMILES string of the molecule is CSc1ccccc1NC(=O)C1CCN(Cc2ccccc2Cl)CC1. The highest BCUT2D eigenvalue weighted by Gasteiger charge is 2.25. The van der Waals surface area contributed by atoms with Crippen LogP contribution in [0.1, 0.15) is 18.4 Å². The summed E-state index contributed by atoms with van der Waals surface area (Å²) in [7, 11) is 0. The largest absolute Gasteiger partial charge is 0.325 e. The number of hydrogen-bond acceptors (Lipinski definition) is 3. The van der Waals surface area contributed by atoms with E-state index in [4.69, 9.17) is 11.6 Å². The third kappa shape index (κ3) is 4.78. The van der Waals surface area contributed by atoms with Crippen LogP contribution in [-0.4, -0.2) is 30.2 Å². The number of rotatable bonds is 5. The van der Waals surface area contributed by atoms with Crippen LogP contribution in [0.4, 0.5) is 5.69 Å². The fourth-order valence-corrected chi connectivity index (χ4v) is 3.95. The summed E-state index contributed by atoms with van der Waals surface area (Å²) >= 11 is 7.90. The number of carbonyl (C=O) groups excluding carboxylic acids is 1. The topological polar surface area (TPSA) is 32.3 Å². The molecule has 132 valence electrons. The molecule has 3 nitrogen and oxygen atoms in total. The highest BCUT2D eigenvalue weighted by Crippen LogP contribution is 2.27. The molecule has 1 fully saturated rings. The number of likely N-dealkylation sites (tertiary alicyclic amines) is 1. The zero-order valence-corrected chi connectivity index (χ0v) is 15.9. The van der Waals surface area contributed by atoms with E-state index in [-0.39, 0.29) is 11.8 Å². The summed E-state index contributed by atoms with van der Waals surface area (Å²) in [6.07, 6.45) is 3.80. The third-order valence-electron chi connectivity index (χ3n) is 4.68. The highest BCUT2D eigenvalue weighted by atomic mass is 35.5. The maximum Gasteiger partial charge on any atom is 0.227 e. The first-order chi connectivity index (χ1) is 12.2. The minimum atomic E-state index is 0.0809. The lowest BCUT2D eigenvalue weighted by molar-refractivity contribution is -0.121. The number of anilines is 1. The van der Waals surface area contributed by atoms with Crippen molar-refractivity contribution in [2.24, 2.45) is 5.92 Å². The van der Waals surface area contributed by atoms with Crippen molar-refractivity contribution in [1.82, 2.24) is 4.90 Å². The van der Waals surface area contributed by atoms with Gasteiger partial charge in [0.05, 0.1) is 5.69 Å². The summed E-state index contributed by atoms with van der Waals surface area (Å²) in [6, 6.07) is 15.9. The molecular weight excluding hydrogens is 352 g/mol. The van der Waals surface area contributed by atoms with Crippen LogP contribution in [0.25, 0.3) is 0 Å². The Hall–Kier alpha value is -1.49. The molecule has 1 aliphatic heterocycles. The first kappa shape index (κ1) is 18.3. The molecule has 2 aromatic carbocycles. The highest BCUT2D eigenvalue weighted by molar-refractivity contribution is 7.98. The van der Waals surface area contributed by atoms with Gasteiger partial charge in [0, 0.05) is 22.4 Å². The lowest BCUT2D eigenvalue weighted by Gasteiger charge is -2.31. The van der Waals surface area contributed by atoms with Gasteiger partial charge in [-0.05, 0) is 55.9 Å². The maximum atomic E-state index is 12.6. The summed E-state index contributed by atoms with van der Waals surface area (Å²) in [5, 5.41) is 3.92. The van der Waals surface area contributed by atoms with E-state index in [1.54, 1.807) is 11.8 Å². The van der Waals surface area contributed by atoms with Crippen molar-refractivity contribution in [1.29, 1.82) is 0 Å². The molecule has 5 heteroatoms. The normalized spacial score (nSPS) is 15.9. The van der Waals surface area contributed by atoms with Crippen molar-refractivity contribution in [2.75, 3.05) is 24.7 Å². The second kappa shape index (κ2) is 8.75. The van der Waals surface area contributed by atoms with Crippen LogP contribution in [0.2, 0.25) is 5.02 Å². The smallest absolute Gasteiger partial charge is 0.227 e. The number of nitrogens with one attached hydrogen (secondary N) is 1. The summed E-state index contributed by atoms with van der Waals surface area (Å²) in [5.74, 6) is 0.219. The van der Waals surface area contributed by atoms with E-state index < -0.39 is 0 Å². The van der Waals surface area contributed by atoms with Crippen molar-refractivity contribution >= 4 is 35.0 Å². The Morgan fingerprint density at radius 1 is 1.16 bits per heavy atom. The second-order valence-corrected chi connectivity index (χ2v) is 7.59. The van der Waals surface area contributed by atoms with Gasteiger partial charge in [0.25, 0.3) is 0 Å². The molecule has 0 aliphatic carbocycles. The van der Waals surface area contributed by atoms with Crippen LogP contribution >= 0.6 is 23.4 Å². The molecule has 0 atom stereocenters. The predicted octanol–water partition coefficient (Wildman–Crippen LogP) is 4.91. The minimum absolute atomic E-state index is 0.0809. The standard InChI is InChI=1S/C20H23ClN2OS/c1-25-19-9-5-4-8-18(19)22-20(24)15-10-12-23(13-11-15)14-16-6-2-3-7-17(16)21/h2-9,15H,10-14H2,1H3,(H,22,24). The minimum Gasteiger partial charge on any atom is -0.325 e. The number of amides is 1. The number of benzene rings is 2. The molecular formula is C20H23ClN2OS. The molecule has 0 aromatic heterocycles. The number of para-hydroxylation sites is 1. The van der Waals surface area contributed by atoms with Crippen LogP contribution in [0.3, 0.4) is 0 Å². The van der Waals surface area contributed by atoms with Crippen molar-refractivity contribution < 1.29 is 4.79 Å². The second-order valence-electron chi connectivity index (χ2n) is 6.33. The molecule has 0 bridgehead atoms. The molecule has 1 N–H and O–H groups in total. The molecule has 1 aliphatic rings. The zero-order chi connectivity index (χ0) is 17.6. The summed E-state index contributed by atoms with van der Waals surface area (Å²) in [6.45, 7) is 2.70. The van der Waals surface area contributed by atoms with Gasteiger partial charge in [-0.1, -0.05) is 41.9 Å². The van der Waals surface area contributed by atoms with Gasteiger partial charge in [-0.25, -0.2) is 0 Å². The first-order valence-corrected chi connectivity index (χ1v) is 10.2. The van der Waals surface area contributed by atoms with Gasteiger partial charge in [0.1, 0.15) is 0 Å². The van der Waals surface area contributed by atoms with Gasteiger partial charge in [-0.15, -0.1) is 11.8 Å². The van der Waals surface area contributed by atoms with Crippen molar-refractivity contribution in [3.05, 3.63) is 59.1 Å². The van der Waals surface area contributed by atoms with Crippen LogP contribution in [-0.2, 0) is 11.3 Å². The van der Waals surface area contributed by atoms with Gasteiger partial charge in [-0.3, -0.25) is 9.69 Å². The Balaban J connectivity index is 1.53. The Morgan fingerprint density at radius 3 is 2.56 bits per heavy atom. The number of carbonyl (C=O) groups is 1. The number of halogens is 1. The van der Waals surface area contributed by atoms with E-state index in [1.165, 1.54) is 0 Å². The lowest BCUT2D eigenvalue weighted by atomic mass is 9.95. The van der Waals surface area contributed by atoms with Gasteiger partial charge in [0.15, 0.2) is 0 Å². The van der Waals surface area contributed by atoms with E-state index in [2.05, 4.69) is 16.3 Å². The third-order valence-corrected chi connectivity index (χ3v) is 5.84. The number of thioether (sulfide) groups is 1. The van der Waals surface area contributed by atoms with E-state index in [1.807, 2.05) is 48.7 Å². The summed E-state index contributed by atoms with van der Waals surface area (Å²) in [4.78, 5) is 16.1. The summed E-state index contributed by atoms with van der Waals surface area (Å²) < 4.78 is 0. The summed E-state index contributed by atoms with van der Waals surface area (Å²) in [5.41, 5.74) is 2.07. The molecule has 1 heterocycles. The van der Waals surface area contributed by atoms with Gasteiger partial charge >= 0.3 is 0 Å². The lowest BCUT2D eigenvalue weighted by Crippen LogP contribution is -2.37. The van der Waals surface area contributed by atoms with Crippen molar-refractivity contribution in [3.8, 4) is 0 Å².